The monoisotopic (exact) mass is 211 g/mol. The Morgan fingerprint density at radius 1 is 1.58 bits per heavy atom. The Kier molecular flexibility index (Phi) is 3.04. The third-order valence-corrected chi connectivity index (χ3v) is 2.86. The van der Waals surface area contributed by atoms with Crippen molar-refractivity contribution in [2.24, 2.45) is 5.73 Å². The van der Waals surface area contributed by atoms with Crippen molar-refractivity contribution in [2.75, 3.05) is 6.54 Å². The van der Waals surface area contributed by atoms with Gasteiger partial charge < -0.3 is 5.73 Å². The van der Waals surface area contributed by atoms with Crippen molar-refractivity contribution >= 4 is 22.9 Å². The molecule has 12 heavy (non-hydrogen) atoms. The number of thiophene rings is 1. The molecule has 68 valence electrons. The van der Waals surface area contributed by atoms with E-state index in [-0.39, 0.29) is 22.9 Å². The van der Waals surface area contributed by atoms with Gasteiger partial charge in [-0.2, -0.15) is 0 Å². The average molecular weight is 212 g/mol. The summed E-state index contributed by atoms with van der Waals surface area (Å²) < 4.78 is 26.2. The zero-order valence-electron chi connectivity index (χ0n) is 6.19. The predicted octanol–water partition coefficient (Wildman–Crippen LogP) is 2.84. The van der Waals surface area contributed by atoms with Gasteiger partial charge in [-0.3, -0.25) is 0 Å². The summed E-state index contributed by atoms with van der Waals surface area (Å²) in [5, 5.41) is 1.67. The minimum absolute atomic E-state index is 0.0404. The van der Waals surface area contributed by atoms with E-state index in [1.54, 1.807) is 5.38 Å². The fourth-order valence-electron chi connectivity index (χ4n) is 0.850. The van der Waals surface area contributed by atoms with Crippen molar-refractivity contribution in [2.45, 2.75) is 12.3 Å². The van der Waals surface area contributed by atoms with Gasteiger partial charge in [-0.25, -0.2) is 8.78 Å². The first-order valence-corrected chi connectivity index (χ1v) is 4.65. The summed E-state index contributed by atoms with van der Waals surface area (Å²) in [5.41, 5.74) is 5.05. The molecule has 0 fully saturated rings. The van der Waals surface area contributed by atoms with Crippen LogP contribution >= 0.6 is 22.9 Å². The van der Waals surface area contributed by atoms with Crippen LogP contribution < -0.4 is 5.73 Å². The van der Waals surface area contributed by atoms with E-state index < -0.39 is 5.92 Å². The van der Waals surface area contributed by atoms with Gasteiger partial charge in [-0.1, -0.05) is 11.6 Å². The third kappa shape index (κ3) is 1.94. The first kappa shape index (κ1) is 9.89. The van der Waals surface area contributed by atoms with Crippen LogP contribution in [0.1, 0.15) is 11.3 Å². The highest BCUT2D eigenvalue weighted by Crippen LogP contribution is 2.39. The second kappa shape index (κ2) is 3.68. The molecule has 1 rings (SSSR count). The lowest BCUT2D eigenvalue weighted by atomic mass is 10.2. The van der Waals surface area contributed by atoms with Crippen molar-refractivity contribution in [3.8, 4) is 0 Å². The smallest absolute Gasteiger partial charge is 0.284 e. The average Bonchev–Trinajstić information content (AvgIpc) is 2.35. The lowest BCUT2D eigenvalue weighted by Gasteiger charge is -2.13. The molecule has 1 nitrogen and oxygen atoms in total. The molecule has 0 unspecified atom stereocenters. The van der Waals surface area contributed by atoms with E-state index in [0.29, 0.717) is 0 Å². The lowest BCUT2D eigenvalue weighted by Crippen LogP contribution is -2.17. The summed E-state index contributed by atoms with van der Waals surface area (Å²) in [7, 11) is 0. The molecule has 0 aliphatic heterocycles. The van der Waals surface area contributed by atoms with Gasteiger partial charge >= 0.3 is 0 Å². The minimum atomic E-state index is -2.88. The Morgan fingerprint density at radius 2 is 2.25 bits per heavy atom. The van der Waals surface area contributed by atoms with Crippen molar-refractivity contribution < 1.29 is 8.78 Å². The zero-order valence-corrected chi connectivity index (χ0v) is 7.76. The van der Waals surface area contributed by atoms with Gasteiger partial charge in [0.2, 0.25) is 0 Å². The normalized spacial score (nSPS) is 12.0. The molecule has 0 amide bonds. The molecule has 0 atom stereocenters. The fraction of sp³-hybridized carbons (Fsp3) is 0.429. The molecular weight excluding hydrogens is 204 g/mol. The second-order valence-corrected chi connectivity index (χ2v) is 3.66. The Labute approximate surface area is 78.1 Å². The summed E-state index contributed by atoms with van der Waals surface area (Å²) in [4.78, 5) is -0.0883. The van der Waals surface area contributed by atoms with Crippen LogP contribution in [0.25, 0.3) is 0 Å². The fourth-order valence-corrected chi connectivity index (χ4v) is 2.05. The van der Waals surface area contributed by atoms with Gasteiger partial charge in [0, 0.05) is 6.42 Å². The van der Waals surface area contributed by atoms with Gasteiger partial charge in [0.1, 0.15) is 0 Å². The van der Waals surface area contributed by atoms with Crippen LogP contribution in [0.2, 0.25) is 5.02 Å². The molecule has 0 aliphatic rings. The van der Waals surface area contributed by atoms with Gasteiger partial charge in [0.05, 0.1) is 9.90 Å². The molecule has 5 heteroatoms. The number of hydrogen-bond donors (Lipinski definition) is 1. The Hall–Kier alpha value is -0.190. The number of hydrogen-bond acceptors (Lipinski definition) is 2. The predicted molar refractivity (Wildman–Crippen MR) is 46.9 cm³/mol. The summed E-state index contributed by atoms with van der Waals surface area (Å²) in [6.45, 7) is -0.0404. The molecular formula is C7H8ClF2NS. The molecule has 0 saturated carbocycles. The van der Waals surface area contributed by atoms with Crippen molar-refractivity contribution in [1.82, 2.24) is 0 Å². The van der Waals surface area contributed by atoms with Gasteiger partial charge in [0.15, 0.2) is 0 Å². The van der Waals surface area contributed by atoms with E-state index in [1.807, 2.05) is 0 Å². The van der Waals surface area contributed by atoms with E-state index >= 15 is 0 Å². The van der Waals surface area contributed by atoms with Crippen LogP contribution in [-0.2, 0) is 5.92 Å². The standard InChI is InChI=1S/C7H8ClF2NS/c8-5-1-4-12-6(5)7(9,10)2-3-11/h1,4H,2-3,11H2. The molecule has 1 aromatic rings. The van der Waals surface area contributed by atoms with E-state index in [4.69, 9.17) is 17.3 Å². The summed E-state index contributed by atoms with van der Waals surface area (Å²) in [5.74, 6) is -2.88. The molecule has 0 aliphatic carbocycles. The zero-order chi connectivity index (χ0) is 9.19. The van der Waals surface area contributed by atoms with E-state index in [0.717, 1.165) is 11.3 Å². The molecule has 1 aromatic heterocycles. The van der Waals surface area contributed by atoms with E-state index in [1.165, 1.54) is 6.07 Å². The van der Waals surface area contributed by atoms with Crippen LogP contribution in [-0.4, -0.2) is 6.54 Å². The minimum Gasteiger partial charge on any atom is -0.330 e. The van der Waals surface area contributed by atoms with E-state index in [2.05, 4.69) is 0 Å². The molecule has 0 saturated heterocycles. The summed E-state index contributed by atoms with van der Waals surface area (Å²) in [6, 6.07) is 1.46. The first-order valence-electron chi connectivity index (χ1n) is 3.39. The Morgan fingerprint density at radius 3 is 2.67 bits per heavy atom. The van der Waals surface area contributed by atoms with Gasteiger partial charge in [-0.05, 0) is 18.0 Å². The van der Waals surface area contributed by atoms with Crippen molar-refractivity contribution in [1.29, 1.82) is 0 Å². The topological polar surface area (TPSA) is 26.0 Å². The van der Waals surface area contributed by atoms with Crippen LogP contribution in [0.15, 0.2) is 11.4 Å². The molecule has 0 radical (unpaired) electrons. The maximum Gasteiger partial charge on any atom is 0.284 e. The van der Waals surface area contributed by atoms with E-state index in [9.17, 15) is 8.78 Å². The third-order valence-electron chi connectivity index (χ3n) is 1.41. The van der Waals surface area contributed by atoms with Crippen molar-refractivity contribution in [3.63, 3.8) is 0 Å². The highest BCUT2D eigenvalue weighted by molar-refractivity contribution is 7.10. The SMILES string of the molecule is NCCC(F)(F)c1sccc1Cl. The van der Waals surface area contributed by atoms with Crippen molar-refractivity contribution in [3.05, 3.63) is 21.3 Å². The maximum absolute atomic E-state index is 13.1. The largest absolute Gasteiger partial charge is 0.330 e. The Bertz CT molecular complexity index is 262. The second-order valence-electron chi connectivity index (χ2n) is 2.34. The highest BCUT2D eigenvalue weighted by atomic mass is 35.5. The quantitative estimate of drug-likeness (QED) is 0.818. The number of alkyl halides is 2. The van der Waals surface area contributed by atoms with Crippen LogP contribution in [0.3, 0.4) is 0 Å². The Balaban J connectivity index is 2.88. The molecule has 0 bridgehead atoms. The summed E-state index contributed by atoms with van der Waals surface area (Å²) >= 11 is 6.51. The van der Waals surface area contributed by atoms with Gasteiger partial charge in [-0.15, -0.1) is 11.3 Å². The summed E-state index contributed by atoms with van der Waals surface area (Å²) in [6.07, 6.45) is -0.354. The van der Waals surface area contributed by atoms with Crippen LogP contribution in [0.4, 0.5) is 8.78 Å². The molecule has 0 spiro atoms. The van der Waals surface area contributed by atoms with Crippen LogP contribution in [0, 0.1) is 0 Å². The molecule has 0 aromatic carbocycles. The number of halogens is 3. The highest BCUT2D eigenvalue weighted by Gasteiger charge is 2.33. The van der Waals surface area contributed by atoms with Gasteiger partial charge in [0.25, 0.3) is 5.92 Å². The number of nitrogens with two attached hydrogens (primary N) is 1. The number of rotatable bonds is 3. The van der Waals surface area contributed by atoms with Crippen LogP contribution in [0.5, 0.6) is 0 Å². The maximum atomic E-state index is 13.1. The lowest BCUT2D eigenvalue weighted by molar-refractivity contribution is -0.00671. The molecule has 2 N–H and O–H groups in total. The first-order chi connectivity index (χ1) is 5.58. The molecule has 1 heterocycles.